The van der Waals surface area contributed by atoms with Crippen LogP contribution >= 0.6 is 0 Å². The topological polar surface area (TPSA) is 35.2 Å². The summed E-state index contributed by atoms with van der Waals surface area (Å²) < 4.78 is 45.0. The average Bonchev–Trinajstić information content (AvgIpc) is 3.28. The van der Waals surface area contributed by atoms with Crippen molar-refractivity contribution in [1.82, 2.24) is 0 Å². The van der Waals surface area contributed by atoms with E-state index in [1.165, 1.54) is 0 Å². The van der Waals surface area contributed by atoms with Gasteiger partial charge in [0.1, 0.15) is 5.75 Å². The number of benzene rings is 2. The molecule has 1 aliphatic carbocycles. The molecule has 21 heavy (non-hydrogen) atoms. The molecule has 0 aromatic heterocycles. The molecule has 5 heteroatoms. The van der Waals surface area contributed by atoms with E-state index in [4.69, 9.17) is 10.5 Å². The van der Waals surface area contributed by atoms with Gasteiger partial charge in [0.05, 0.1) is 12.1 Å². The van der Waals surface area contributed by atoms with Gasteiger partial charge in [0.15, 0.2) is 17.5 Å². The van der Waals surface area contributed by atoms with Crippen molar-refractivity contribution in [2.45, 2.75) is 25.0 Å². The molecule has 0 aliphatic heterocycles. The summed E-state index contributed by atoms with van der Waals surface area (Å²) in [6.07, 6.45) is 2.43. The molecule has 0 saturated heterocycles. The summed E-state index contributed by atoms with van der Waals surface area (Å²) in [5.74, 6) is -3.23. The van der Waals surface area contributed by atoms with Gasteiger partial charge in [-0.2, -0.15) is 0 Å². The molecule has 2 N–H and O–H groups in total. The second-order valence-corrected chi connectivity index (χ2v) is 5.16. The van der Waals surface area contributed by atoms with Crippen LogP contribution in [0.4, 0.5) is 13.2 Å². The molecule has 0 amide bonds. The predicted octanol–water partition coefficient (Wildman–Crippen LogP) is 3.69. The van der Waals surface area contributed by atoms with Gasteiger partial charge in [-0.05, 0) is 48.2 Å². The van der Waals surface area contributed by atoms with E-state index < -0.39 is 23.5 Å². The number of hydrogen-bond acceptors (Lipinski definition) is 2. The van der Waals surface area contributed by atoms with E-state index in [0.717, 1.165) is 30.7 Å². The van der Waals surface area contributed by atoms with Gasteiger partial charge in [-0.15, -0.1) is 0 Å². The van der Waals surface area contributed by atoms with Gasteiger partial charge in [-0.1, -0.05) is 12.1 Å². The highest BCUT2D eigenvalue weighted by atomic mass is 19.2. The maximum absolute atomic E-state index is 13.2. The lowest BCUT2D eigenvalue weighted by Gasteiger charge is -2.14. The quantitative estimate of drug-likeness (QED) is 0.873. The van der Waals surface area contributed by atoms with Crippen LogP contribution in [0.3, 0.4) is 0 Å². The molecule has 0 heterocycles. The maximum Gasteiger partial charge on any atom is 0.194 e. The molecular weight excluding hydrogens is 279 g/mol. The summed E-state index contributed by atoms with van der Waals surface area (Å²) in [6.45, 7) is 0. The van der Waals surface area contributed by atoms with Crippen LogP contribution in [-0.4, -0.2) is 6.10 Å². The third-order valence-electron chi connectivity index (χ3n) is 3.43. The summed E-state index contributed by atoms with van der Waals surface area (Å²) >= 11 is 0. The van der Waals surface area contributed by atoms with E-state index in [-0.39, 0.29) is 5.56 Å². The number of hydrogen-bond donors (Lipinski definition) is 1. The van der Waals surface area contributed by atoms with Crippen LogP contribution in [0.15, 0.2) is 36.4 Å². The van der Waals surface area contributed by atoms with Crippen LogP contribution in [0, 0.1) is 17.5 Å². The molecule has 1 aliphatic rings. The van der Waals surface area contributed by atoms with Crippen LogP contribution in [0.2, 0.25) is 0 Å². The van der Waals surface area contributed by atoms with Gasteiger partial charge in [0.2, 0.25) is 0 Å². The minimum atomic E-state index is -1.49. The van der Waals surface area contributed by atoms with Crippen molar-refractivity contribution in [3.63, 3.8) is 0 Å². The monoisotopic (exact) mass is 293 g/mol. The number of ether oxygens (including phenoxy) is 1. The van der Waals surface area contributed by atoms with Crippen LogP contribution in [-0.2, 0) is 0 Å². The Morgan fingerprint density at radius 3 is 2.05 bits per heavy atom. The molecule has 1 saturated carbocycles. The molecule has 0 radical (unpaired) electrons. The first-order valence-electron chi connectivity index (χ1n) is 6.71. The fourth-order valence-corrected chi connectivity index (χ4v) is 2.08. The minimum absolute atomic E-state index is 0.183. The van der Waals surface area contributed by atoms with Gasteiger partial charge >= 0.3 is 0 Å². The van der Waals surface area contributed by atoms with Gasteiger partial charge in [0, 0.05) is 0 Å². The first kappa shape index (κ1) is 13.9. The average molecular weight is 293 g/mol. The van der Waals surface area contributed by atoms with Crippen LogP contribution < -0.4 is 10.5 Å². The summed E-state index contributed by atoms with van der Waals surface area (Å²) in [5.41, 5.74) is 6.82. The van der Waals surface area contributed by atoms with Crippen molar-refractivity contribution >= 4 is 0 Å². The van der Waals surface area contributed by atoms with Gasteiger partial charge in [-0.25, -0.2) is 13.2 Å². The lowest BCUT2D eigenvalue weighted by atomic mass is 9.99. The number of halogens is 3. The second kappa shape index (κ2) is 5.41. The molecule has 0 spiro atoms. The molecule has 2 aromatic carbocycles. The first-order valence-corrected chi connectivity index (χ1v) is 6.71. The van der Waals surface area contributed by atoms with Gasteiger partial charge < -0.3 is 10.5 Å². The zero-order valence-corrected chi connectivity index (χ0v) is 11.2. The van der Waals surface area contributed by atoms with E-state index >= 15 is 0 Å². The van der Waals surface area contributed by atoms with Crippen LogP contribution in [0.25, 0.3) is 0 Å². The van der Waals surface area contributed by atoms with Crippen molar-refractivity contribution < 1.29 is 17.9 Å². The first-order chi connectivity index (χ1) is 10.0. The summed E-state index contributed by atoms with van der Waals surface area (Å²) in [5, 5.41) is 0. The van der Waals surface area contributed by atoms with E-state index in [0.29, 0.717) is 11.7 Å². The van der Waals surface area contributed by atoms with E-state index in [9.17, 15) is 13.2 Å². The standard InChI is InChI=1S/C16H14F3NO/c17-13-7-10(8-14(18)15(13)19)16(20)9-1-3-11(4-2-9)21-12-5-6-12/h1-4,7-8,12,16H,5-6,20H2. The van der Waals surface area contributed by atoms with Gasteiger partial charge in [0.25, 0.3) is 0 Å². The molecule has 2 nitrogen and oxygen atoms in total. The van der Waals surface area contributed by atoms with Crippen LogP contribution in [0.1, 0.15) is 30.0 Å². The van der Waals surface area contributed by atoms with E-state index in [1.807, 2.05) is 0 Å². The van der Waals surface area contributed by atoms with Crippen molar-refractivity contribution in [3.8, 4) is 5.75 Å². The number of rotatable bonds is 4. The van der Waals surface area contributed by atoms with Crippen molar-refractivity contribution in [3.05, 3.63) is 65.0 Å². The zero-order valence-electron chi connectivity index (χ0n) is 11.2. The predicted molar refractivity (Wildman–Crippen MR) is 72.4 cm³/mol. The van der Waals surface area contributed by atoms with Crippen molar-refractivity contribution in [1.29, 1.82) is 0 Å². The molecule has 3 rings (SSSR count). The molecule has 110 valence electrons. The van der Waals surface area contributed by atoms with E-state index in [2.05, 4.69) is 0 Å². The van der Waals surface area contributed by atoms with Crippen LogP contribution in [0.5, 0.6) is 5.75 Å². The normalized spacial score (nSPS) is 15.8. The Labute approximate surface area is 120 Å². The molecular formula is C16H14F3NO. The Hall–Kier alpha value is -2.01. The largest absolute Gasteiger partial charge is 0.490 e. The van der Waals surface area contributed by atoms with Crippen molar-refractivity contribution in [2.24, 2.45) is 5.73 Å². The highest BCUT2D eigenvalue weighted by Crippen LogP contribution is 2.29. The fraction of sp³-hybridized carbons (Fsp3) is 0.250. The fourth-order valence-electron chi connectivity index (χ4n) is 2.08. The molecule has 1 unspecified atom stereocenters. The summed E-state index contributed by atoms with van der Waals surface area (Å²) in [6, 6.07) is 8.11. The summed E-state index contributed by atoms with van der Waals surface area (Å²) in [4.78, 5) is 0. The lowest BCUT2D eigenvalue weighted by Crippen LogP contribution is -2.13. The third kappa shape index (κ3) is 3.03. The SMILES string of the molecule is NC(c1ccc(OC2CC2)cc1)c1cc(F)c(F)c(F)c1. The Balaban J connectivity index is 1.82. The maximum atomic E-state index is 13.2. The Bertz CT molecular complexity index is 630. The Kier molecular flexibility index (Phi) is 3.59. The summed E-state index contributed by atoms with van der Waals surface area (Å²) in [7, 11) is 0. The zero-order chi connectivity index (χ0) is 15.0. The van der Waals surface area contributed by atoms with Gasteiger partial charge in [-0.3, -0.25) is 0 Å². The molecule has 1 atom stereocenters. The highest BCUT2D eigenvalue weighted by Gasteiger charge is 2.23. The molecule has 1 fully saturated rings. The third-order valence-corrected chi connectivity index (χ3v) is 3.43. The Morgan fingerprint density at radius 1 is 0.952 bits per heavy atom. The smallest absolute Gasteiger partial charge is 0.194 e. The molecule has 0 bridgehead atoms. The number of nitrogens with two attached hydrogens (primary N) is 1. The lowest BCUT2D eigenvalue weighted by molar-refractivity contribution is 0.303. The molecule has 2 aromatic rings. The Morgan fingerprint density at radius 2 is 1.52 bits per heavy atom. The highest BCUT2D eigenvalue weighted by molar-refractivity contribution is 5.36. The second-order valence-electron chi connectivity index (χ2n) is 5.16. The van der Waals surface area contributed by atoms with E-state index in [1.54, 1.807) is 24.3 Å². The van der Waals surface area contributed by atoms with Crippen molar-refractivity contribution in [2.75, 3.05) is 0 Å². The minimum Gasteiger partial charge on any atom is -0.490 e.